The van der Waals surface area contributed by atoms with Crippen LogP contribution in [0.3, 0.4) is 0 Å². The summed E-state index contributed by atoms with van der Waals surface area (Å²) in [5.74, 6) is -0.516. The van der Waals surface area contributed by atoms with Crippen LogP contribution in [0.15, 0.2) is 24.3 Å². The maximum absolute atomic E-state index is 12.2. The average molecular weight is 325 g/mol. The maximum Gasteiger partial charge on any atom is 0.235 e. The summed E-state index contributed by atoms with van der Waals surface area (Å²) < 4.78 is 0. The van der Waals surface area contributed by atoms with Crippen molar-refractivity contribution in [3.05, 3.63) is 34.9 Å². The van der Waals surface area contributed by atoms with Gasteiger partial charge in [-0.15, -0.1) is 0 Å². The Bertz CT molecular complexity index is 529. The summed E-state index contributed by atoms with van der Waals surface area (Å²) in [6, 6.07) is 7.58. The van der Waals surface area contributed by atoms with E-state index in [1.807, 2.05) is 38.1 Å². The number of hydrogen-bond donors (Lipinski definition) is 2. The van der Waals surface area contributed by atoms with Crippen molar-refractivity contribution in [3.63, 3.8) is 0 Å². The van der Waals surface area contributed by atoms with E-state index < -0.39 is 5.41 Å². The Kier molecular flexibility index (Phi) is 6.88. The van der Waals surface area contributed by atoms with Gasteiger partial charge in [0.05, 0.1) is 0 Å². The zero-order valence-corrected chi connectivity index (χ0v) is 14.5. The van der Waals surface area contributed by atoms with Crippen LogP contribution in [0.2, 0.25) is 5.02 Å². The summed E-state index contributed by atoms with van der Waals surface area (Å²) in [6.45, 7) is 7.66. The van der Waals surface area contributed by atoms with Gasteiger partial charge in [0.25, 0.3) is 0 Å². The number of carbonyl (C=O) groups is 2. The number of rotatable bonds is 7. The van der Waals surface area contributed by atoms with Crippen LogP contribution in [-0.4, -0.2) is 24.4 Å². The minimum atomic E-state index is -1.09. The molecule has 1 atom stereocenters. The van der Waals surface area contributed by atoms with Crippen LogP contribution in [0.25, 0.3) is 0 Å². The molecule has 1 aromatic carbocycles. The predicted molar refractivity (Wildman–Crippen MR) is 89.8 cm³/mol. The molecule has 0 radical (unpaired) electrons. The van der Waals surface area contributed by atoms with Gasteiger partial charge in [0.15, 0.2) is 0 Å². The Morgan fingerprint density at radius 2 is 1.95 bits per heavy atom. The van der Waals surface area contributed by atoms with E-state index >= 15 is 0 Å². The molecule has 0 spiro atoms. The average Bonchev–Trinajstić information content (AvgIpc) is 2.46. The fraction of sp³-hybridized carbons (Fsp3) is 0.529. The van der Waals surface area contributed by atoms with Gasteiger partial charge in [-0.05, 0) is 51.3 Å². The Hall–Kier alpha value is -1.55. The molecular formula is C17H25ClN2O2. The third-order valence-electron chi connectivity index (χ3n) is 3.71. The second-order valence-electron chi connectivity index (χ2n) is 6.04. The first kappa shape index (κ1) is 18.5. The minimum absolute atomic E-state index is 0.0611. The van der Waals surface area contributed by atoms with E-state index in [9.17, 15) is 9.59 Å². The Morgan fingerprint density at radius 3 is 2.55 bits per heavy atom. The highest BCUT2D eigenvalue weighted by Gasteiger charge is 2.36. The van der Waals surface area contributed by atoms with Crippen LogP contribution in [-0.2, 0) is 16.0 Å². The zero-order valence-electron chi connectivity index (χ0n) is 13.7. The summed E-state index contributed by atoms with van der Waals surface area (Å²) in [6.07, 6.45) is 1.51. The molecule has 1 unspecified atom stereocenters. The molecule has 0 aliphatic heterocycles. The van der Waals surface area contributed by atoms with Gasteiger partial charge in [-0.1, -0.05) is 30.7 Å². The van der Waals surface area contributed by atoms with E-state index in [-0.39, 0.29) is 17.9 Å². The Balaban J connectivity index is 2.51. The van der Waals surface area contributed by atoms with Crippen LogP contribution < -0.4 is 10.6 Å². The number of halogens is 1. The van der Waals surface area contributed by atoms with Crippen molar-refractivity contribution < 1.29 is 9.59 Å². The monoisotopic (exact) mass is 324 g/mol. The highest BCUT2D eigenvalue weighted by Crippen LogP contribution is 2.16. The van der Waals surface area contributed by atoms with Crippen LogP contribution in [0, 0.1) is 5.41 Å². The number of benzene rings is 1. The summed E-state index contributed by atoms with van der Waals surface area (Å²) in [4.78, 5) is 24.4. The van der Waals surface area contributed by atoms with Gasteiger partial charge in [-0.2, -0.15) is 0 Å². The normalized spacial score (nSPS) is 12.6. The molecule has 2 N–H and O–H groups in total. The topological polar surface area (TPSA) is 58.2 Å². The van der Waals surface area contributed by atoms with E-state index in [0.717, 1.165) is 12.0 Å². The van der Waals surface area contributed by atoms with Gasteiger partial charge in [-0.25, -0.2) is 0 Å². The van der Waals surface area contributed by atoms with Gasteiger partial charge in [0.1, 0.15) is 5.41 Å². The first-order valence-corrected chi connectivity index (χ1v) is 7.99. The number of hydrogen-bond acceptors (Lipinski definition) is 2. The fourth-order valence-corrected chi connectivity index (χ4v) is 2.06. The second kappa shape index (κ2) is 8.18. The van der Waals surface area contributed by atoms with Crippen molar-refractivity contribution in [3.8, 4) is 0 Å². The van der Waals surface area contributed by atoms with Crippen molar-refractivity contribution in [2.75, 3.05) is 6.54 Å². The molecule has 0 saturated carbocycles. The molecular weight excluding hydrogens is 300 g/mol. The lowest BCUT2D eigenvalue weighted by Gasteiger charge is -2.24. The van der Waals surface area contributed by atoms with Gasteiger partial charge in [0.2, 0.25) is 11.8 Å². The third-order valence-corrected chi connectivity index (χ3v) is 3.95. The Labute approximate surface area is 137 Å². The molecule has 4 nitrogen and oxygen atoms in total. The first-order chi connectivity index (χ1) is 10.3. The quantitative estimate of drug-likeness (QED) is 0.758. The summed E-state index contributed by atoms with van der Waals surface area (Å²) in [5, 5.41) is 6.35. The van der Waals surface area contributed by atoms with Gasteiger partial charge >= 0.3 is 0 Å². The second-order valence-corrected chi connectivity index (χ2v) is 6.48. The van der Waals surface area contributed by atoms with Crippen molar-refractivity contribution in [1.29, 1.82) is 0 Å². The van der Waals surface area contributed by atoms with E-state index in [0.29, 0.717) is 18.0 Å². The molecule has 2 amide bonds. The summed E-state index contributed by atoms with van der Waals surface area (Å²) in [5.41, 5.74) is -0.0349. The molecule has 22 heavy (non-hydrogen) atoms. The smallest absolute Gasteiger partial charge is 0.235 e. The van der Waals surface area contributed by atoms with E-state index in [1.165, 1.54) is 0 Å². The highest BCUT2D eigenvalue weighted by molar-refractivity contribution is 6.30. The van der Waals surface area contributed by atoms with Crippen LogP contribution >= 0.6 is 11.6 Å². The number of carbonyl (C=O) groups excluding carboxylic acids is 2. The lowest BCUT2D eigenvalue weighted by Crippen LogP contribution is -2.50. The summed E-state index contributed by atoms with van der Waals surface area (Å²) in [7, 11) is 0. The van der Waals surface area contributed by atoms with Crippen LogP contribution in [0.5, 0.6) is 0 Å². The van der Waals surface area contributed by atoms with Crippen LogP contribution in [0.4, 0.5) is 0 Å². The fourth-order valence-electron chi connectivity index (χ4n) is 1.84. The zero-order chi connectivity index (χ0) is 16.8. The predicted octanol–water partition coefficient (Wildman–Crippen LogP) is 2.94. The van der Waals surface area contributed by atoms with Gasteiger partial charge in [0, 0.05) is 17.6 Å². The lowest BCUT2D eigenvalue weighted by molar-refractivity contribution is -0.141. The molecule has 0 aliphatic carbocycles. The van der Waals surface area contributed by atoms with Gasteiger partial charge in [-0.3, -0.25) is 9.59 Å². The Morgan fingerprint density at radius 1 is 1.27 bits per heavy atom. The lowest BCUT2D eigenvalue weighted by atomic mass is 9.90. The molecule has 0 aromatic heterocycles. The van der Waals surface area contributed by atoms with E-state index in [1.54, 1.807) is 13.8 Å². The van der Waals surface area contributed by atoms with Crippen molar-refractivity contribution in [2.24, 2.45) is 5.41 Å². The molecule has 0 aliphatic rings. The molecule has 1 rings (SSSR count). The van der Waals surface area contributed by atoms with E-state index in [4.69, 9.17) is 11.6 Å². The van der Waals surface area contributed by atoms with E-state index in [2.05, 4.69) is 10.6 Å². The molecule has 1 aromatic rings. The van der Waals surface area contributed by atoms with Crippen molar-refractivity contribution >= 4 is 23.4 Å². The van der Waals surface area contributed by atoms with Crippen molar-refractivity contribution in [1.82, 2.24) is 10.6 Å². The first-order valence-electron chi connectivity index (χ1n) is 7.61. The summed E-state index contributed by atoms with van der Waals surface area (Å²) >= 11 is 5.92. The standard InChI is InChI=1S/C17H25ClN2O2/c1-5-12(2)20-16(22)17(3,4)15(21)19-10-9-13-7-6-8-14(18)11-13/h6-8,11-12H,5,9-10H2,1-4H3,(H,19,21)(H,20,22). The SMILES string of the molecule is CCC(C)NC(=O)C(C)(C)C(=O)NCCc1cccc(Cl)c1. The third kappa shape index (κ3) is 5.34. The van der Waals surface area contributed by atoms with Crippen LogP contribution in [0.1, 0.15) is 39.7 Å². The van der Waals surface area contributed by atoms with Gasteiger partial charge < -0.3 is 10.6 Å². The molecule has 5 heteroatoms. The molecule has 0 fully saturated rings. The maximum atomic E-state index is 12.2. The number of amides is 2. The molecule has 0 heterocycles. The molecule has 0 saturated heterocycles. The minimum Gasteiger partial charge on any atom is -0.355 e. The number of nitrogens with one attached hydrogen (secondary N) is 2. The molecule has 0 bridgehead atoms. The largest absolute Gasteiger partial charge is 0.355 e. The van der Waals surface area contributed by atoms with Crippen molar-refractivity contribution in [2.45, 2.75) is 46.6 Å². The molecule has 122 valence electrons. The highest BCUT2D eigenvalue weighted by atomic mass is 35.5.